The van der Waals surface area contributed by atoms with E-state index in [1.807, 2.05) is 0 Å². The van der Waals surface area contributed by atoms with E-state index in [0.717, 1.165) is 5.56 Å². The second-order valence-corrected chi connectivity index (χ2v) is 4.18. The minimum absolute atomic E-state index is 0.0479. The summed E-state index contributed by atoms with van der Waals surface area (Å²) in [5.74, 6) is -0.0500. The highest BCUT2D eigenvalue weighted by Gasteiger charge is 2.23. The molecule has 6 heteroatoms. The summed E-state index contributed by atoms with van der Waals surface area (Å²) in [6.07, 6.45) is 1.78. The SMILES string of the molecule is COCc1c([N+](=O)[O-])ccc2c1CCCC(=O)N2. The molecule has 1 aromatic rings. The van der Waals surface area contributed by atoms with E-state index in [4.69, 9.17) is 4.74 Å². The van der Waals surface area contributed by atoms with Crippen LogP contribution in [0.1, 0.15) is 24.0 Å². The van der Waals surface area contributed by atoms with Crippen molar-refractivity contribution < 1.29 is 14.5 Å². The summed E-state index contributed by atoms with van der Waals surface area (Å²) in [6, 6.07) is 3.01. The van der Waals surface area contributed by atoms with Crippen LogP contribution in [-0.4, -0.2) is 17.9 Å². The Bertz CT molecular complexity index is 499. The fraction of sp³-hybridized carbons (Fsp3) is 0.417. The van der Waals surface area contributed by atoms with E-state index in [0.29, 0.717) is 30.5 Å². The predicted molar refractivity (Wildman–Crippen MR) is 65.4 cm³/mol. The number of methoxy groups -OCH3 is 1. The summed E-state index contributed by atoms with van der Waals surface area (Å²) < 4.78 is 5.04. The van der Waals surface area contributed by atoms with Crippen LogP contribution in [0.3, 0.4) is 0 Å². The zero-order valence-corrected chi connectivity index (χ0v) is 10.1. The predicted octanol–water partition coefficient (Wildman–Crippen LogP) is 2.02. The van der Waals surface area contributed by atoms with Gasteiger partial charge >= 0.3 is 0 Å². The first-order valence-corrected chi connectivity index (χ1v) is 5.71. The first-order valence-electron chi connectivity index (χ1n) is 5.71. The van der Waals surface area contributed by atoms with E-state index in [1.54, 1.807) is 6.07 Å². The molecule has 1 aliphatic heterocycles. The van der Waals surface area contributed by atoms with Gasteiger partial charge in [0.25, 0.3) is 5.69 Å². The molecule has 1 aliphatic rings. The number of rotatable bonds is 3. The van der Waals surface area contributed by atoms with Gasteiger partial charge in [-0.3, -0.25) is 14.9 Å². The minimum Gasteiger partial charge on any atom is -0.380 e. The first-order chi connectivity index (χ1) is 8.63. The molecule has 0 spiro atoms. The van der Waals surface area contributed by atoms with Gasteiger partial charge in [-0.25, -0.2) is 0 Å². The molecule has 0 fully saturated rings. The number of ether oxygens (including phenoxy) is 1. The molecule has 6 nitrogen and oxygen atoms in total. The van der Waals surface area contributed by atoms with Gasteiger partial charge in [0.05, 0.1) is 17.1 Å². The Balaban J connectivity index is 2.54. The lowest BCUT2D eigenvalue weighted by Crippen LogP contribution is -2.10. The van der Waals surface area contributed by atoms with Crippen LogP contribution >= 0.6 is 0 Å². The monoisotopic (exact) mass is 250 g/mol. The summed E-state index contributed by atoms with van der Waals surface area (Å²) in [4.78, 5) is 22.0. The number of nitrogens with one attached hydrogen (secondary N) is 1. The Kier molecular flexibility index (Phi) is 3.57. The quantitative estimate of drug-likeness (QED) is 0.657. The first kappa shape index (κ1) is 12.5. The van der Waals surface area contributed by atoms with Gasteiger partial charge in [0.1, 0.15) is 0 Å². The van der Waals surface area contributed by atoms with Gasteiger partial charge in [0.2, 0.25) is 5.91 Å². The van der Waals surface area contributed by atoms with E-state index < -0.39 is 4.92 Å². The summed E-state index contributed by atoms with van der Waals surface area (Å²) in [7, 11) is 1.50. The fourth-order valence-electron chi connectivity index (χ4n) is 2.20. The Morgan fingerprint density at radius 1 is 1.44 bits per heavy atom. The van der Waals surface area contributed by atoms with Gasteiger partial charge < -0.3 is 10.1 Å². The van der Waals surface area contributed by atoms with Gasteiger partial charge in [0, 0.05) is 25.3 Å². The molecule has 1 amide bonds. The Hall–Kier alpha value is -1.95. The van der Waals surface area contributed by atoms with Crippen molar-refractivity contribution in [1.82, 2.24) is 0 Å². The molecule has 2 rings (SSSR count). The molecule has 0 aromatic heterocycles. The average molecular weight is 250 g/mol. The highest BCUT2D eigenvalue weighted by Crippen LogP contribution is 2.32. The third-order valence-electron chi connectivity index (χ3n) is 3.00. The van der Waals surface area contributed by atoms with Gasteiger partial charge in [-0.05, 0) is 24.5 Å². The third-order valence-corrected chi connectivity index (χ3v) is 3.00. The van der Waals surface area contributed by atoms with Crippen LogP contribution in [0.25, 0.3) is 0 Å². The fourth-order valence-corrected chi connectivity index (χ4v) is 2.20. The number of carbonyl (C=O) groups is 1. The largest absolute Gasteiger partial charge is 0.380 e. The Morgan fingerprint density at radius 3 is 2.89 bits per heavy atom. The number of nitrogens with zero attached hydrogens (tertiary/aromatic N) is 1. The van der Waals surface area contributed by atoms with E-state index in [2.05, 4.69) is 5.32 Å². The van der Waals surface area contributed by atoms with Crippen molar-refractivity contribution in [2.75, 3.05) is 12.4 Å². The van der Waals surface area contributed by atoms with Crippen molar-refractivity contribution in [3.05, 3.63) is 33.4 Å². The van der Waals surface area contributed by atoms with Crippen LogP contribution in [0.5, 0.6) is 0 Å². The number of nitro groups is 1. The molecule has 0 saturated carbocycles. The maximum Gasteiger partial charge on any atom is 0.275 e. The van der Waals surface area contributed by atoms with E-state index >= 15 is 0 Å². The van der Waals surface area contributed by atoms with Crippen LogP contribution < -0.4 is 5.32 Å². The average Bonchev–Trinajstić information content (AvgIpc) is 2.50. The Morgan fingerprint density at radius 2 is 2.22 bits per heavy atom. The number of anilines is 1. The van der Waals surface area contributed by atoms with Crippen LogP contribution in [0.15, 0.2) is 12.1 Å². The molecular weight excluding hydrogens is 236 g/mol. The number of amides is 1. The second kappa shape index (κ2) is 5.14. The number of carbonyl (C=O) groups excluding carboxylic acids is 1. The maximum atomic E-state index is 11.5. The number of hydrogen-bond acceptors (Lipinski definition) is 4. The van der Waals surface area contributed by atoms with Gasteiger partial charge in [-0.15, -0.1) is 0 Å². The highest BCUT2D eigenvalue weighted by atomic mass is 16.6. The molecule has 0 aliphatic carbocycles. The van der Waals surface area contributed by atoms with Gasteiger partial charge in [0.15, 0.2) is 0 Å². The van der Waals surface area contributed by atoms with E-state index in [1.165, 1.54) is 13.2 Å². The number of fused-ring (bicyclic) bond motifs is 1. The van der Waals surface area contributed by atoms with E-state index in [9.17, 15) is 14.9 Å². The standard InChI is InChI=1S/C12H14N2O4/c1-18-7-9-8-3-2-4-12(15)13-10(8)5-6-11(9)14(16)17/h5-6H,2-4,7H2,1H3,(H,13,15). The van der Waals surface area contributed by atoms with Gasteiger partial charge in [-0.2, -0.15) is 0 Å². The Labute approximate surface area is 104 Å². The molecular formula is C12H14N2O4. The molecule has 0 saturated heterocycles. The molecule has 0 atom stereocenters. The van der Waals surface area contributed by atoms with Crippen molar-refractivity contribution >= 4 is 17.3 Å². The molecule has 96 valence electrons. The molecule has 1 aromatic carbocycles. The van der Waals surface area contributed by atoms with Crippen molar-refractivity contribution in [3.63, 3.8) is 0 Å². The molecule has 0 unspecified atom stereocenters. The second-order valence-electron chi connectivity index (χ2n) is 4.18. The van der Waals surface area contributed by atoms with Crippen molar-refractivity contribution in [3.8, 4) is 0 Å². The molecule has 0 radical (unpaired) electrons. The van der Waals surface area contributed by atoms with Crippen molar-refractivity contribution in [2.24, 2.45) is 0 Å². The topological polar surface area (TPSA) is 81.5 Å². The zero-order chi connectivity index (χ0) is 13.1. The molecule has 1 heterocycles. The van der Waals surface area contributed by atoms with Crippen LogP contribution in [0.4, 0.5) is 11.4 Å². The summed E-state index contributed by atoms with van der Waals surface area (Å²) >= 11 is 0. The lowest BCUT2D eigenvalue weighted by molar-refractivity contribution is -0.386. The number of hydrogen-bond donors (Lipinski definition) is 1. The molecule has 18 heavy (non-hydrogen) atoms. The molecule has 0 bridgehead atoms. The minimum atomic E-state index is -0.415. The lowest BCUT2D eigenvalue weighted by atomic mass is 9.99. The summed E-state index contributed by atoms with van der Waals surface area (Å²) in [6.45, 7) is 0.176. The maximum absolute atomic E-state index is 11.5. The number of nitro benzene ring substituents is 1. The number of benzene rings is 1. The normalized spacial score (nSPS) is 14.6. The van der Waals surface area contributed by atoms with Gasteiger partial charge in [-0.1, -0.05) is 0 Å². The van der Waals surface area contributed by atoms with Crippen molar-refractivity contribution in [1.29, 1.82) is 0 Å². The summed E-state index contributed by atoms with van der Waals surface area (Å²) in [5, 5.41) is 13.8. The smallest absolute Gasteiger partial charge is 0.275 e. The van der Waals surface area contributed by atoms with E-state index in [-0.39, 0.29) is 18.2 Å². The van der Waals surface area contributed by atoms with Crippen molar-refractivity contribution in [2.45, 2.75) is 25.9 Å². The van der Waals surface area contributed by atoms with Crippen LogP contribution in [-0.2, 0) is 22.6 Å². The lowest BCUT2D eigenvalue weighted by Gasteiger charge is -2.12. The molecule has 1 N–H and O–H groups in total. The van der Waals surface area contributed by atoms with Crippen LogP contribution in [0, 0.1) is 10.1 Å². The zero-order valence-electron chi connectivity index (χ0n) is 10.1. The van der Waals surface area contributed by atoms with Crippen LogP contribution in [0.2, 0.25) is 0 Å². The highest BCUT2D eigenvalue weighted by molar-refractivity contribution is 5.92. The third kappa shape index (κ3) is 2.33. The summed E-state index contributed by atoms with van der Waals surface area (Å²) in [5.41, 5.74) is 2.08.